The van der Waals surface area contributed by atoms with Gasteiger partial charge in [0.05, 0.1) is 16.8 Å². The number of nitrogens with zero attached hydrogens (tertiary/aromatic N) is 3. The molecule has 1 aromatic heterocycles. The highest BCUT2D eigenvalue weighted by molar-refractivity contribution is 6.04. The number of carbonyl (C=O) groups excluding carboxylic acids is 2. The van der Waals surface area contributed by atoms with Crippen molar-refractivity contribution in [1.29, 1.82) is 0 Å². The first-order chi connectivity index (χ1) is 13.3. The minimum absolute atomic E-state index is 0.0266. The molecule has 1 fully saturated rings. The second-order valence-corrected chi connectivity index (χ2v) is 6.40. The van der Waals surface area contributed by atoms with Crippen LogP contribution in [0.15, 0.2) is 42.6 Å². The SMILES string of the molecule is CC(=O)N1CCN(c2ccc(C(=O)Nc3ccccc3C(F)(F)F)cn2)CC1. The summed E-state index contributed by atoms with van der Waals surface area (Å²) < 4.78 is 39.1. The van der Waals surface area contributed by atoms with Gasteiger partial charge in [-0.25, -0.2) is 4.98 Å². The third-order valence-corrected chi connectivity index (χ3v) is 4.54. The van der Waals surface area contributed by atoms with Crippen LogP contribution in [0.5, 0.6) is 0 Å². The molecule has 3 rings (SSSR count). The predicted molar refractivity (Wildman–Crippen MR) is 98.1 cm³/mol. The maximum absolute atomic E-state index is 13.0. The van der Waals surface area contributed by atoms with Crippen LogP contribution in [-0.4, -0.2) is 47.9 Å². The van der Waals surface area contributed by atoms with Crippen LogP contribution < -0.4 is 10.2 Å². The topological polar surface area (TPSA) is 65.5 Å². The normalized spacial score (nSPS) is 14.7. The molecule has 0 spiro atoms. The van der Waals surface area contributed by atoms with E-state index in [1.807, 2.05) is 4.90 Å². The van der Waals surface area contributed by atoms with Crippen LogP contribution in [0, 0.1) is 0 Å². The maximum atomic E-state index is 13.0. The van der Waals surface area contributed by atoms with Crippen molar-refractivity contribution in [1.82, 2.24) is 9.88 Å². The fourth-order valence-electron chi connectivity index (χ4n) is 2.99. The van der Waals surface area contributed by atoms with Gasteiger partial charge in [-0.2, -0.15) is 13.2 Å². The molecule has 1 aromatic carbocycles. The van der Waals surface area contributed by atoms with Gasteiger partial charge in [0.2, 0.25) is 5.91 Å². The first kappa shape index (κ1) is 19.7. The summed E-state index contributed by atoms with van der Waals surface area (Å²) in [5, 5.41) is 2.29. The number of halogens is 3. The van der Waals surface area contributed by atoms with Crippen molar-refractivity contribution < 1.29 is 22.8 Å². The molecule has 2 amide bonds. The Labute approximate surface area is 160 Å². The van der Waals surface area contributed by atoms with Crippen molar-refractivity contribution in [3.05, 3.63) is 53.7 Å². The Morgan fingerprint density at radius 1 is 1.04 bits per heavy atom. The zero-order chi connectivity index (χ0) is 20.3. The fourth-order valence-corrected chi connectivity index (χ4v) is 2.99. The van der Waals surface area contributed by atoms with Gasteiger partial charge in [-0.1, -0.05) is 12.1 Å². The first-order valence-electron chi connectivity index (χ1n) is 8.70. The smallest absolute Gasteiger partial charge is 0.353 e. The molecule has 1 aliphatic rings. The highest BCUT2D eigenvalue weighted by Crippen LogP contribution is 2.34. The van der Waals surface area contributed by atoms with Crippen molar-refractivity contribution in [3.8, 4) is 0 Å². The molecular formula is C19H19F3N4O2. The predicted octanol–water partition coefficient (Wildman–Crippen LogP) is 3.02. The lowest BCUT2D eigenvalue weighted by Crippen LogP contribution is -2.48. The Balaban J connectivity index is 1.68. The fraction of sp³-hybridized carbons (Fsp3) is 0.316. The molecule has 1 saturated heterocycles. The number of hydrogen-bond acceptors (Lipinski definition) is 4. The van der Waals surface area contributed by atoms with Gasteiger partial charge in [-0.15, -0.1) is 0 Å². The molecule has 28 heavy (non-hydrogen) atoms. The molecule has 0 atom stereocenters. The average Bonchev–Trinajstić information content (AvgIpc) is 2.68. The number of aromatic nitrogens is 1. The number of benzene rings is 1. The second-order valence-electron chi connectivity index (χ2n) is 6.40. The highest BCUT2D eigenvalue weighted by Gasteiger charge is 2.33. The van der Waals surface area contributed by atoms with Crippen LogP contribution in [0.25, 0.3) is 0 Å². The maximum Gasteiger partial charge on any atom is 0.418 e. The van der Waals surface area contributed by atoms with Crippen molar-refractivity contribution in [2.24, 2.45) is 0 Å². The number of pyridine rings is 1. The molecule has 0 radical (unpaired) electrons. The van der Waals surface area contributed by atoms with Crippen LogP contribution in [0.4, 0.5) is 24.7 Å². The number of nitrogens with one attached hydrogen (secondary N) is 1. The molecule has 1 N–H and O–H groups in total. The van der Waals surface area contributed by atoms with Gasteiger partial charge in [0, 0.05) is 39.3 Å². The second kappa shape index (κ2) is 7.87. The molecule has 9 heteroatoms. The molecular weight excluding hydrogens is 373 g/mol. The van der Waals surface area contributed by atoms with E-state index in [0.29, 0.717) is 32.0 Å². The number of piperazine rings is 1. The summed E-state index contributed by atoms with van der Waals surface area (Å²) in [6.45, 7) is 3.95. The standard InChI is InChI=1S/C19H19F3N4O2/c1-13(27)25-8-10-26(11-9-25)17-7-6-14(12-23-17)18(28)24-16-5-3-2-4-15(16)19(20,21)22/h2-7,12H,8-11H2,1H3,(H,24,28). The van der Waals surface area contributed by atoms with Gasteiger partial charge in [0.1, 0.15) is 5.82 Å². The zero-order valence-electron chi connectivity index (χ0n) is 15.2. The van der Waals surface area contributed by atoms with Crippen LogP contribution in [0.2, 0.25) is 0 Å². The zero-order valence-corrected chi connectivity index (χ0v) is 15.2. The Morgan fingerprint density at radius 3 is 2.29 bits per heavy atom. The van der Waals surface area contributed by atoms with E-state index < -0.39 is 17.6 Å². The first-order valence-corrected chi connectivity index (χ1v) is 8.70. The van der Waals surface area contributed by atoms with E-state index >= 15 is 0 Å². The summed E-state index contributed by atoms with van der Waals surface area (Å²) in [7, 11) is 0. The Bertz CT molecular complexity index is 860. The van der Waals surface area contributed by atoms with Gasteiger partial charge in [0.25, 0.3) is 5.91 Å². The number of anilines is 2. The molecule has 0 saturated carbocycles. The molecule has 0 bridgehead atoms. The largest absolute Gasteiger partial charge is 0.418 e. The quantitative estimate of drug-likeness (QED) is 0.872. The van der Waals surface area contributed by atoms with Crippen LogP contribution in [-0.2, 0) is 11.0 Å². The summed E-state index contributed by atoms with van der Waals surface area (Å²) in [6, 6.07) is 7.97. The van der Waals surface area contributed by atoms with E-state index in [1.165, 1.54) is 37.4 Å². The van der Waals surface area contributed by atoms with E-state index in [0.717, 1.165) is 6.07 Å². The monoisotopic (exact) mass is 392 g/mol. The summed E-state index contributed by atoms with van der Waals surface area (Å²) in [6.07, 6.45) is -3.23. The number of para-hydroxylation sites is 1. The van der Waals surface area contributed by atoms with Crippen LogP contribution in [0.3, 0.4) is 0 Å². The van der Waals surface area contributed by atoms with Gasteiger partial charge in [-0.05, 0) is 24.3 Å². The molecule has 1 aliphatic heterocycles. The average molecular weight is 392 g/mol. The lowest BCUT2D eigenvalue weighted by atomic mass is 10.1. The summed E-state index contributed by atoms with van der Waals surface area (Å²) in [5.74, 6) is 0.00589. The number of carbonyl (C=O) groups is 2. The summed E-state index contributed by atoms with van der Waals surface area (Å²) >= 11 is 0. The Morgan fingerprint density at radius 2 is 1.71 bits per heavy atom. The number of hydrogen-bond donors (Lipinski definition) is 1. The van der Waals surface area contributed by atoms with E-state index in [4.69, 9.17) is 0 Å². The molecule has 0 unspecified atom stereocenters. The van der Waals surface area contributed by atoms with Gasteiger partial charge in [0.15, 0.2) is 0 Å². The third-order valence-electron chi connectivity index (χ3n) is 4.54. The van der Waals surface area contributed by atoms with Gasteiger partial charge >= 0.3 is 6.18 Å². The molecule has 6 nitrogen and oxygen atoms in total. The highest BCUT2D eigenvalue weighted by atomic mass is 19.4. The molecule has 2 heterocycles. The van der Waals surface area contributed by atoms with E-state index in [1.54, 1.807) is 11.0 Å². The van der Waals surface area contributed by atoms with E-state index in [2.05, 4.69) is 10.3 Å². The summed E-state index contributed by atoms with van der Waals surface area (Å²) in [4.78, 5) is 31.7. The van der Waals surface area contributed by atoms with Crippen molar-refractivity contribution in [2.75, 3.05) is 36.4 Å². The molecule has 0 aliphatic carbocycles. The van der Waals surface area contributed by atoms with E-state index in [-0.39, 0.29) is 17.2 Å². The minimum atomic E-state index is -4.56. The minimum Gasteiger partial charge on any atom is -0.353 e. The Hall–Kier alpha value is -3.10. The molecule has 148 valence electrons. The number of amides is 2. The lowest BCUT2D eigenvalue weighted by Gasteiger charge is -2.34. The van der Waals surface area contributed by atoms with Crippen molar-refractivity contribution >= 4 is 23.3 Å². The van der Waals surface area contributed by atoms with Crippen LogP contribution >= 0.6 is 0 Å². The van der Waals surface area contributed by atoms with Crippen molar-refractivity contribution in [3.63, 3.8) is 0 Å². The third kappa shape index (κ3) is 4.41. The van der Waals surface area contributed by atoms with Gasteiger partial charge < -0.3 is 15.1 Å². The number of rotatable bonds is 3. The summed E-state index contributed by atoms with van der Waals surface area (Å²) in [5.41, 5.74) is -1.05. The van der Waals surface area contributed by atoms with E-state index in [9.17, 15) is 22.8 Å². The lowest BCUT2D eigenvalue weighted by molar-refractivity contribution is -0.137. The number of alkyl halides is 3. The van der Waals surface area contributed by atoms with Gasteiger partial charge in [-0.3, -0.25) is 9.59 Å². The molecule has 2 aromatic rings. The Kier molecular flexibility index (Phi) is 5.53. The van der Waals surface area contributed by atoms with Crippen LogP contribution in [0.1, 0.15) is 22.8 Å². The van der Waals surface area contributed by atoms with Crippen molar-refractivity contribution in [2.45, 2.75) is 13.1 Å².